The van der Waals surface area contributed by atoms with E-state index in [4.69, 9.17) is 5.73 Å². The highest BCUT2D eigenvalue weighted by Crippen LogP contribution is 2.51. The Bertz CT molecular complexity index is 1640. The van der Waals surface area contributed by atoms with Crippen molar-refractivity contribution >= 4 is 39.1 Å². The molecule has 6 aromatic rings. The Hall–Kier alpha value is -5.52. The summed E-state index contributed by atoms with van der Waals surface area (Å²) in [6.07, 6.45) is 0. The molecule has 36 heavy (non-hydrogen) atoms. The van der Waals surface area contributed by atoms with Crippen LogP contribution in [0.2, 0.25) is 0 Å². The average Bonchev–Trinajstić information content (AvgIpc) is 3.49. The third-order valence-corrected chi connectivity index (χ3v) is 5.51. The molecular formula is C24H17N9O3. The molecule has 0 bridgehead atoms. The number of nitrogen functional groups attached to an aromatic ring is 1. The molecule has 0 atom stereocenters. The van der Waals surface area contributed by atoms with Crippen LogP contribution in [0.4, 0.5) is 17.1 Å². The Kier molecular flexibility index (Phi) is 4.71. The smallest absolute Gasteiger partial charge is 0.179 e. The maximum absolute atomic E-state index is 11.2. The Morgan fingerprint density at radius 2 is 0.972 bits per heavy atom. The van der Waals surface area contributed by atoms with Crippen molar-refractivity contribution in [2.75, 3.05) is 5.73 Å². The van der Waals surface area contributed by atoms with Gasteiger partial charge in [-0.25, -0.2) is 0 Å². The monoisotopic (exact) mass is 479 g/mol. The largest absolute Gasteiger partial charge is 0.504 e. The van der Waals surface area contributed by atoms with Crippen molar-refractivity contribution in [1.82, 2.24) is 30.0 Å². The lowest BCUT2D eigenvalue weighted by atomic mass is 10.2. The minimum absolute atomic E-state index is 0.240. The van der Waals surface area contributed by atoms with Crippen LogP contribution in [0.25, 0.3) is 33.4 Å². The first-order valence-corrected chi connectivity index (χ1v) is 10.7. The zero-order valence-electron chi connectivity index (χ0n) is 18.4. The molecule has 0 fully saturated rings. The van der Waals surface area contributed by atoms with Crippen LogP contribution in [0.3, 0.4) is 0 Å². The van der Waals surface area contributed by atoms with Crippen molar-refractivity contribution in [2.45, 2.75) is 0 Å². The van der Waals surface area contributed by atoms with Gasteiger partial charge in [0.05, 0.1) is 5.69 Å². The summed E-state index contributed by atoms with van der Waals surface area (Å²) in [6, 6.07) is 20.8. The fourth-order valence-corrected chi connectivity index (χ4v) is 3.75. The second kappa shape index (κ2) is 8.06. The van der Waals surface area contributed by atoms with Gasteiger partial charge in [-0.15, -0.1) is 40.2 Å². The highest BCUT2D eigenvalue weighted by molar-refractivity contribution is 5.83. The van der Waals surface area contributed by atoms with Gasteiger partial charge >= 0.3 is 0 Å². The third kappa shape index (κ3) is 3.32. The fourth-order valence-electron chi connectivity index (χ4n) is 3.75. The molecule has 0 aliphatic heterocycles. The van der Waals surface area contributed by atoms with Gasteiger partial charge in [-0.2, -0.15) is 0 Å². The van der Waals surface area contributed by atoms with Gasteiger partial charge in [-0.05, 0) is 36.4 Å². The predicted octanol–water partition coefficient (Wildman–Crippen LogP) is 4.27. The zero-order chi connectivity index (χ0) is 24.8. The van der Waals surface area contributed by atoms with Crippen LogP contribution in [-0.2, 0) is 0 Å². The van der Waals surface area contributed by atoms with Crippen molar-refractivity contribution in [3.05, 3.63) is 72.8 Å². The Morgan fingerprint density at radius 1 is 0.556 bits per heavy atom. The number of azo groups is 1. The number of rotatable bonds is 4. The summed E-state index contributed by atoms with van der Waals surface area (Å²) < 4.78 is 0. The van der Waals surface area contributed by atoms with Gasteiger partial charge in [-0.3, -0.25) is 0 Å². The lowest BCUT2D eigenvalue weighted by Gasteiger charge is -2.14. The highest BCUT2D eigenvalue weighted by Gasteiger charge is 2.29. The molecule has 0 aliphatic carbocycles. The summed E-state index contributed by atoms with van der Waals surface area (Å²) in [6.45, 7) is 0. The second-order valence-electron chi connectivity index (χ2n) is 7.81. The molecule has 0 amide bonds. The molecule has 2 heterocycles. The van der Waals surface area contributed by atoms with Gasteiger partial charge in [-0.1, -0.05) is 36.4 Å². The molecule has 5 N–H and O–H groups in total. The Balaban J connectivity index is 1.63. The number of anilines is 1. The first-order chi connectivity index (χ1) is 17.5. The molecule has 0 radical (unpaired) electrons. The quantitative estimate of drug-likeness (QED) is 0.214. The number of hydrogen-bond acceptors (Lipinski definition) is 10. The topological polar surface area (TPSA) is 173 Å². The SMILES string of the molecule is Nc1ccccc1N=Nc1c(O)c(-n2nc3ccccc3n2)c(O)c(-n2nc3ccccc3n2)c1O. The first-order valence-electron chi connectivity index (χ1n) is 10.7. The molecule has 6 rings (SSSR count). The lowest BCUT2D eigenvalue weighted by Crippen LogP contribution is -2.06. The van der Waals surface area contributed by atoms with E-state index in [0.717, 1.165) is 9.59 Å². The van der Waals surface area contributed by atoms with E-state index in [9.17, 15) is 15.3 Å². The lowest BCUT2D eigenvalue weighted by molar-refractivity contribution is 0.414. The van der Waals surface area contributed by atoms with Crippen molar-refractivity contribution < 1.29 is 15.3 Å². The van der Waals surface area contributed by atoms with Crippen LogP contribution in [0, 0.1) is 0 Å². The van der Waals surface area contributed by atoms with Crippen molar-refractivity contribution in [2.24, 2.45) is 10.2 Å². The minimum atomic E-state index is -0.607. The maximum atomic E-state index is 11.2. The maximum Gasteiger partial charge on any atom is 0.179 e. The van der Waals surface area contributed by atoms with Crippen LogP contribution in [0.15, 0.2) is 83.0 Å². The van der Waals surface area contributed by atoms with Crippen molar-refractivity contribution in [1.29, 1.82) is 0 Å². The molecule has 2 aromatic heterocycles. The molecule has 0 saturated carbocycles. The van der Waals surface area contributed by atoms with Crippen molar-refractivity contribution in [3.63, 3.8) is 0 Å². The number of nitrogens with two attached hydrogens (primary N) is 1. The first kappa shape index (κ1) is 21.0. The number of hydrogen-bond donors (Lipinski definition) is 4. The number of phenols is 3. The normalized spacial score (nSPS) is 11.7. The fraction of sp³-hybridized carbons (Fsp3) is 0. The van der Waals surface area contributed by atoms with E-state index in [1.54, 1.807) is 72.8 Å². The number of fused-ring (bicyclic) bond motifs is 2. The average molecular weight is 479 g/mol. The summed E-state index contributed by atoms with van der Waals surface area (Å²) in [5.74, 6) is -1.78. The van der Waals surface area contributed by atoms with Gasteiger partial charge in [0.2, 0.25) is 0 Å². The Labute approximate surface area is 202 Å². The van der Waals surface area contributed by atoms with Crippen molar-refractivity contribution in [3.8, 4) is 28.6 Å². The van der Waals surface area contributed by atoms with Crippen LogP contribution in [0.1, 0.15) is 0 Å². The zero-order valence-corrected chi connectivity index (χ0v) is 18.4. The molecule has 0 saturated heterocycles. The molecule has 0 aliphatic rings. The van der Waals surface area contributed by atoms with E-state index in [-0.39, 0.29) is 17.1 Å². The van der Waals surface area contributed by atoms with Crippen LogP contribution in [-0.4, -0.2) is 45.3 Å². The number of phenolic OH excluding ortho intramolecular Hbond substituents is 3. The highest BCUT2D eigenvalue weighted by atomic mass is 16.3. The second-order valence-corrected chi connectivity index (χ2v) is 7.81. The molecule has 176 valence electrons. The molecule has 12 heteroatoms. The van der Waals surface area contributed by atoms with E-state index in [1.165, 1.54) is 0 Å². The summed E-state index contributed by atoms with van der Waals surface area (Å²) in [5, 5.41) is 59.0. The standard InChI is InChI=1S/C24H17N9O3/c25-13-7-1-2-8-14(13)26-27-19-22(34)20(32-28-15-9-3-4-10-16(15)29-32)24(36)21(23(19)35)33-30-17-11-5-6-12-18(17)31-33/h1-12,34-36H,25H2. The van der Waals surface area contributed by atoms with E-state index in [2.05, 4.69) is 30.6 Å². The van der Waals surface area contributed by atoms with Crippen LogP contribution in [0.5, 0.6) is 17.2 Å². The summed E-state index contributed by atoms with van der Waals surface area (Å²) >= 11 is 0. The van der Waals surface area contributed by atoms with E-state index >= 15 is 0 Å². The number of aromatic nitrogens is 6. The number of benzene rings is 4. The number of aromatic hydroxyl groups is 3. The predicted molar refractivity (Wildman–Crippen MR) is 131 cm³/mol. The van der Waals surface area contributed by atoms with E-state index < -0.39 is 17.2 Å². The van der Waals surface area contributed by atoms with Gasteiger partial charge in [0.15, 0.2) is 34.3 Å². The van der Waals surface area contributed by atoms with Crippen LogP contribution >= 0.6 is 0 Å². The van der Waals surface area contributed by atoms with Crippen LogP contribution < -0.4 is 5.73 Å². The molecule has 0 spiro atoms. The van der Waals surface area contributed by atoms with Gasteiger partial charge < -0.3 is 21.1 Å². The summed E-state index contributed by atoms with van der Waals surface area (Å²) in [5.41, 5.74) is 7.86. The van der Waals surface area contributed by atoms with E-state index in [1.807, 2.05) is 0 Å². The van der Waals surface area contributed by atoms with Gasteiger partial charge in [0.1, 0.15) is 27.8 Å². The number of nitrogens with zero attached hydrogens (tertiary/aromatic N) is 8. The Morgan fingerprint density at radius 3 is 1.42 bits per heavy atom. The molecule has 12 nitrogen and oxygen atoms in total. The van der Waals surface area contributed by atoms with E-state index in [0.29, 0.717) is 33.4 Å². The number of para-hydroxylation sites is 1. The molecule has 0 unspecified atom stereocenters. The minimum Gasteiger partial charge on any atom is -0.504 e. The van der Waals surface area contributed by atoms with Gasteiger partial charge in [0, 0.05) is 0 Å². The van der Waals surface area contributed by atoms with Gasteiger partial charge in [0.25, 0.3) is 0 Å². The summed E-state index contributed by atoms with van der Waals surface area (Å²) in [4.78, 5) is 2.11. The third-order valence-electron chi connectivity index (χ3n) is 5.51. The summed E-state index contributed by atoms with van der Waals surface area (Å²) in [7, 11) is 0. The molecular weight excluding hydrogens is 462 g/mol. The molecule has 4 aromatic carbocycles.